The summed E-state index contributed by atoms with van der Waals surface area (Å²) in [5.41, 5.74) is 8.44. The van der Waals surface area contributed by atoms with Crippen molar-refractivity contribution < 1.29 is 15.3 Å². The lowest BCUT2D eigenvalue weighted by Crippen LogP contribution is -2.50. The van der Waals surface area contributed by atoms with Crippen LogP contribution in [-0.2, 0) is 0 Å². The topological polar surface area (TPSA) is 95.3 Å². The number of aromatic nitrogens is 4. The lowest BCUT2D eigenvalue weighted by molar-refractivity contribution is -0.0913. The normalized spacial score (nSPS) is 35.3. The van der Waals surface area contributed by atoms with Crippen LogP contribution in [0.4, 0.5) is 0 Å². The molecule has 3 N–H and O–H groups in total. The number of aliphatic hydroxyl groups excluding tert-OH is 3. The Morgan fingerprint density at radius 2 is 1.54 bits per heavy atom. The van der Waals surface area contributed by atoms with Crippen LogP contribution in [-0.4, -0.2) is 40.2 Å². The van der Waals surface area contributed by atoms with E-state index in [1.807, 2.05) is 18.9 Å². The summed E-state index contributed by atoms with van der Waals surface area (Å²) >= 11 is 0. The van der Waals surface area contributed by atoms with Crippen LogP contribution in [0.25, 0.3) is 11.0 Å². The highest BCUT2D eigenvalue weighted by Gasteiger charge is 2.57. The minimum Gasteiger partial charge on any atom is -0.393 e. The van der Waals surface area contributed by atoms with Crippen molar-refractivity contribution in [1.29, 1.82) is 0 Å². The average molecular weight is 621 g/mol. The Morgan fingerprint density at radius 1 is 0.804 bits per heavy atom. The van der Waals surface area contributed by atoms with E-state index in [0.29, 0.717) is 36.0 Å². The summed E-state index contributed by atoms with van der Waals surface area (Å²) in [6.07, 6.45) is 19.8. The van der Waals surface area contributed by atoms with Crippen LogP contribution in [0.3, 0.4) is 0 Å². The molecule has 4 aromatic heterocycles. The maximum absolute atomic E-state index is 12.0. The van der Waals surface area contributed by atoms with Gasteiger partial charge in [-0.15, -0.1) is 0 Å². The van der Waals surface area contributed by atoms with Gasteiger partial charge in [0.15, 0.2) is 0 Å². The predicted molar refractivity (Wildman–Crippen MR) is 176 cm³/mol. The number of hydrogen-bond acceptors (Lipinski definition) is 5. The summed E-state index contributed by atoms with van der Waals surface area (Å²) in [5.74, 6) is 3.59. The molecule has 7 aliphatic rings. The van der Waals surface area contributed by atoms with Crippen LogP contribution in [0, 0.1) is 29.1 Å². The molecule has 6 atom stereocenters. The third kappa shape index (κ3) is 4.47. The van der Waals surface area contributed by atoms with E-state index in [9.17, 15) is 15.3 Å². The highest BCUT2D eigenvalue weighted by atomic mass is 16.3. The second-order valence-corrected chi connectivity index (χ2v) is 16.7. The Morgan fingerprint density at radius 3 is 2.28 bits per heavy atom. The molecule has 46 heavy (non-hydrogen) atoms. The number of pyridine rings is 2. The third-order valence-electron chi connectivity index (χ3n) is 13.6. The van der Waals surface area contributed by atoms with Gasteiger partial charge < -0.3 is 24.1 Å². The molecule has 4 bridgehead atoms. The maximum atomic E-state index is 12.0. The first-order valence-electron chi connectivity index (χ1n) is 18.4. The molecular formula is C39H48N4O3. The molecule has 6 unspecified atom stereocenters. The van der Waals surface area contributed by atoms with Gasteiger partial charge in [0.05, 0.1) is 65.3 Å². The third-order valence-corrected chi connectivity index (χ3v) is 13.6. The van der Waals surface area contributed by atoms with Gasteiger partial charge in [-0.1, -0.05) is 18.6 Å². The molecule has 11 rings (SSSR count). The molecule has 0 amide bonds. The van der Waals surface area contributed by atoms with Crippen LogP contribution in [0.2, 0.25) is 0 Å². The van der Waals surface area contributed by atoms with Gasteiger partial charge in [-0.05, 0) is 148 Å². The fourth-order valence-corrected chi connectivity index (χ4v) is 11.7. The number of rotatable bonds is 8. The van der Waals surface area contributed by atoms with E-state index in [-0.39, 0.29) is 17.4 Å². The van der Waals surface area contributed by atoms with Gasteiger partial charge in [0.1, 0.15) is 0 Å². The number of imidazole rings is 2. The van der Waals surface area contributed by atoms with Crippen LogP contribution >= 0.6 is 0 Å². The summed E-state index contributed by atoms with van der Waals surface area (Å²) in [6.45, 7) is 0. The van der Waals surface area contributed by atoms with E-state index >= 15 is 0 Å². The summed E-state index contributed by atoms with van der Waals surface area (Å²) in [6, 6.07) is 9.02. The van der Waals surface area contributed by atoms with Gasteiger partial charge in [-0.3, -0.25) is 0 Å². The second-order valence-electron chi connectivity index (χ2n) is 16.7. The fraction of sp³-hybridized carbons (Fsp3) is 0.641. The molecule has 4 heterocycles. The first-order chi connectivity index (χ1) is 22.4. The van der Waals surface area contributed by atoms with Gasteiger partial charge >= 0.3 is 0 Å². The van der Waals surface area contributed by atoms with Gasteiger partial charge in [0.25, 0.3) is 0 Å². The lowest BCUT2D eigenvalue weighted by Gasteiger charge is -2.60. The number of hydrogen-bond donors (Lipinski definition) is 3. The number of nitrogens with zero attached hydrogens (tertiary/aromatic N) is 4. The molecule has 0 radical (unpaired) electrons. The molecule has 7 aliphatic carbocycles. The van der Waals surface area contributed by atoms with Crippen molar-refractivity contribution in [2.75, 3.05) is 0 Å². The predicted octanol–water partition coefficient (Wildman–Crippen LogP) is 7.35. The van der Waals surface area contributed by atoms with Crippen molar-refractivity contribution in [2.24, 2.45) is 29.1 Å². The standard InChI is InChI=1S/C39H48N4O3/c44-29-3-1-2-25(14-29)38(46)37-31(24-6-7-24)10-11-32-35(41-21-43(32)37)34-26-12-22-13-27(34)17-39(15-22,16-26)18-33(45)36-30(23-4-5-23)9-8-28-19-40-20-42(28)36/h8-11,19-27,29,33-34,38,44-46H,1-7,12-18H2. The smallest absolute Gasteiger partial charge is 0.0998 e. The second kappa shape index (κ2) is 10.4. The summed E-state index contributed by atoms with van der Waals surface area (Å²) < 4.78 is 4.42. The van der Waals surface area contributed by atoms with E-state index in [0.717, 1.165) is 48.5 Å². The van der Waals surface area contributed by atoms with Gasteiger partial charge in [-0.2, -0.15) is 0 Å². The SMILES string of the molecule is OC1CCCC(C(O)c2c(C3CC3)ccc3c(C4C5CC6CC4CC(CC(O)c4c(C7CC7)ccc7cncn47)(C6)C5)ncn23)C1. The Bertz CT molecular complexity index is 1790. The van der Waals surface area contributed by atoms with E-state index in [1.165, 1.54) is 80.1 Å². The zero-order chi connectivity index (χ0) is 30.7. The molecule has 7 heteroatoms. The van der Waals surface area contributed by atoms with Crippen molar-refractivity contribution in [3.05, 3.63) is 71.3 Å². The van der Waals surface area contributed by atoms with Gasteiger partial charge in [-0.25, -0.2) is 9.97 Å². The first kappa shape index (κ1) is 28.3. The van der Waals surface area contributed by atoms with Crippen molar-refractivity contribution in [2.45, 2.75) is 126 Å². The minimum atomic E-state index is -0.569. The molecule has 7 fully saturated rings. The quantitative estimate of drug-likeness (QED) is 0.191. The Balaban J connectivity index is 0.968. The minimum absolute atomic E-state index is 0.0961. The van der Waals surface area contributed by atoms with E-state index in [1.54, 1.807) is 0 Å². The van der Waals surface area contributed by atoms with Crippen LogP contribution in [0.15, 0.2) is 43.1 Å². The summed E-state index contributed by atoms with van der Waals surface area (Å²) in [5, 5.41) is 34.3. The summed E-state index contributed by atoms with van der Waals surface area (Å²) in [7, 11) is 0. The molecule has 4 aromatic rings. The monoisotopic (exact) mass is 620 g/mol. The number of aliphatic hydroxyl groups is 3. The Labute approximate surface area is 271 Å². The molecule has 242 valence electrons. The molecule has 0 aromatic carbocycles. The number of fused-ring (bicyclic) bond motifs is 2. The zero-order valence-corrected chi connectivity index (χ0v) is 26.8. The molecule has 7 saturated carbocycles. The van der Waals surface area contributed by atoms with Crippen LogP contribution in [0.1, 0.15) is 148 Å². The molecule has 0 spiro atoms. The Kier molecular flexibility index (Phi) is 6.38. The van der Waals surface area contributed by atoms with Crippen LogP contribution in [0.5, 0.6) is 0 Å². The zero-order valence-electron chi connectivity index (χ0n) is 26.8. The largest absolute Gasteiger partial charge is 0.393 e. The lowest BCUT2D eigenvalue weighted by atomic mass is 9.44. The first-order valence-corrected chi connectivity index (χ1v) is 18.4. The van der Waals surface area contributed by atoms with E-state index in [2.05, 4.69) is 38.1 Å². The van der Waals surface area contributed by atoms with Gasteiger partial charge in [0, 0.05) is 5.92 Å². The molecule has 0 aliphatic heterocycles. The molecule has 7 nitrogen and oxygen atoms in total. The van der Waals surface area contributed by atoms with Crippen molar-refractivity contribution in [3.63, 3.8) is 0 Å². The average Bonchev–Trinajstić information content (AvgIpc) is 3.97. The van der Waals surface area contributed by atoms with Crippen molar-refractivity contribution >= 4 is 11.0 Å². The highest BCUT2D eigenvalue weighted by Crippen LogP contribution is 2.67. The fourth-order valence-electron chi connectivity index (χ4n) is 11.7. The van der Waals surface area contributed by atoms with Crippen molar-refractivity contribution in [3.8, 4) is 0 Å². The summed E-state index contributed by atoms with van der Waals surface area (Å²) in [4.78, 5) is 9.64. The van der Waals surface area contributed by atoms with Crippen molar-refractivity contribution in [1.82, 2.24) is 18.8 Å². The Hall–Kier alpha value is -2.74. The van der Waals surface area contributed by atoms with Gasteiger partial charge in [0.2, 0.25) is 0 Å². The van der Waals surface area contributed by atoms with Crippen LogP contribution < -0.4 is 0 Å². The highest BCUT2D eigenvalue weighted by molar-refractivity contribution is 5.58. The van der Waals surface area contributed by atoms with E-state index in [4.69, 9.17) is 4.98 Å². The molecule has 0 saturated heterocycles. The maximum Gasteiger partial charge on any atom is 0.0998 e. The molecular weight excluding hydrogens is 572 g/mol. The van der Waals surface area contributed by atoms with E-state index < -0.39 is 12.2 Å².